The number of halogens is 1. The van der Waals surface area contributed by atoms with Crippen molar-refractivity contribution in [2.75, 3.05) is 10.6 Å². The highest BCUT2D eigenvalue weighted by atomic mass is 35.5. The van der Waals surface area contributed by atoms with Crippen molar-refractivity contribution in [3.05, 3.63) is 111 Å². The first kappa shape index (κ1) is 21.0. The van der Waals surface area contributed by atoms with Gasteiger partial charge in [0.2, 0.25) is 0 Å². The molecular formula is C25H21ClN2O2S. The molecule has 0 aliphatic rings. The normalized spacial score (nSPS) is 10.5. The van der Waals surface area contributed by atoms with Gasteiger partial charge in [0, 0.05) is 38.9 Å². The Balaban J connectivity index is 1.41. The van der Waals surface area contributed by atoms with Crippen LogP contribution >= 0.6 is 22.9 Å². The Kier molecular flexibility index (Phi) is 6.87. The molecular weight excluding hydrogens is 428 g/mol. The monoisotopic (exact) mass is 448 g/mol. The van der Waals surface area contributed by atoms with E-state index in [4.69, 9.17) is 16.3 Å². The Labute approximate surface area is 190 Å². The largest absolute Gasteiger partial charge is 0.488 e. The molecule has 0 unspecified atom stereocenters. The Morgan fingerprint density at radius 3 is 2.55 bits per heavy atom. The van der Waals surface area contributed by atoms with Crippen molar-refractivity contribution in [2.45, 2.75) is 13.2 Å². The zero-order chi connectivity index (χ0) is 21.5. The van der Waals surface area contributed by atoms with Gasteiger partial charge in [0.05, 0.1) is 0 Å². The second-order valence-electron chi connectivity index (χ2n) is 6.87. The molecule has 4 nitrogen and oxygen atoms in total. The van der Waals surface area contributed by atoms with Gasteiger partial charge in [-0.25, -0.2) is 0 Å². The van der Waals surface area contributed by atoms with Crippen molar-refractivity contribution in [1.82, 2.24) is 0 Å². The maximum Gasteiger partial charge on any atom is 0.255 e. The van der Waals surface area contributed by atoms with Gasteiger partial charge in [0.25, 0.3) is 5.91 Å². The molecule has 0 atom stereocenters. The van der Waals surface area contributed by atoms with Gasteiger partial charge in [0.1, 0.15) is 12.4 Å². The van der Waals surface area contributed by atoms with E-state index in [0.717, 1.165) is 27.6 Å². The quantitative estimate of drug-likeness (QED) is 0.310. The number of amides is 1. The Hall–Kier alpha value is -3.28. The molecule has 0 aliphatic heterocycles. The molecule has 0 saturated heterocycles. The summed E-state index contributed by atoms with van der Waals surface area (Å²) in [6, 6.07) is 26.4. The maximum absolute atomic E-state index is 12.4. The zero-order valence-corrected chi connectivity index (χ0v) is 18.2. The van der Waals surface area contributed by atoms with Crippen LogP contribution in [-0.4, -0.2) is 5.91 Å². The molecule has 2 N–H and O–H groups in total. The van der Waals surface area contributed by atoms with E-state index in [9.17, 15) is 4.79 Å². The van der Waals surface area contributed by atoms with Crippen LogP contribution < -0.4 is 15.4 Å². The highest BCUT2D eigenvalue weighted by Crippen LogP contribution is 2.26. The zero-order valence-electron chi connectivity index (χ0n) is 16.7. The lowest BCUT2D eigenvalue weighted by molar-refractivity contribution is 0.102. The van der Waals surface area contributed by atoms with Gasteiger partial charge >= 0.3 is 0 Å². The van der Waals surface area contributed by atoms with Gasteiger partial charge in [-0.1, -0.05) is 41.9 Å². The second-order valence-corrected chi connectivity index (χ2v) is 8.34. The number of anilines is 2. The van der Waals surface area contributed by atoms with E-state index < -0.39 is 0 Å². The molecule has 0 saturated carbocycles. The van der Waals surface area contributed by atoms with E-state index in [-0.39, 0.29) is 5.91 Å². The minimum Gasteiger partial charge on any atom is -0.488 e. The minimum absolute atomic E-state index is 0.142. The lowest BCUT2D eigenvalue weighted by Crippen LogP contribution is -2.11. The van der Waals surface area contributed by atoms with Crippen LogP contribution in [0, 0.1) is 0 Å². The summed E-state index contributed by atoms with van der Waals surface area (Å²) in [7, 11) is 0. The predicted molar refractivity (Wildman–Crippen MR) is 128 cm³/mol. The number of nitrogens with one attached hydrogen (secondary N) is 2. The Bertz CT molecular complexity index is 1150. The van der Waals surface area contributed by atoms with Crippen molar-refractivity contribution in [1.29, 1.82) is 0 Å². The van der Waals surface area contributed by atoms with Gasteiger partial charge in [-0.2, -0.15) is 0 Å². The lowest BCUT2D eigenvalue weighted by Gasteiger charge is -2.14. The molecule has 0 fully saturated rings. The van der Waals surface area contributed by atoms with E-state index in [1.165, 1.54) is 0 Å². The molecule has 0 bridgehead atoms. The molecule has 1 heterocycles. The standard InChI is InChI=1S/C25H21ClN2O2S/c26-20-11-12-24(30-17-23-10-5-13-31-23)19(14-20)16-27-21-8-4-9-22(15-21)28-25(29)18-6-2-1-3-7-18/h1-15,27H,16-17H2,(H,28,29). The summed E-state index contributed by atoms with van der Waals surface area (Å²) in [5, 5.41) is 9.01. The molecule has 0 spiro atoms. The van der Waals surface area contributed by atoms with Gasteiger partial charge in [-0.15, -0.1) is 11.3 Å². The van der Waals surface area contributed by atoms with Crippen molar-refractivity contribution >= 4 is 40.2 Å². The fraction of sp³-hybridized carbons (Fsp3) is 0.0800. The average Bonchev–Trinajstić information content (AvgIpc) is 3.31. The number of hydrogen-bond acceptors (Lipinski definition) is 4. The van der Waals surface area contributed by atoms with Crippen LogP contribution in [-0.2, 0) is 13.2 Å². The van der Waals surface area contributed by atoms with Crippen LogP contribution in [0.5, 0.6) is 5.75 Å². The van der Waals surface area contributed by atoms with Crippen LogP contribution in [0.1, 0.15) is 20.8 Å². The highest BCUT2D eigenvalue weighted by molar-refractivity contribution is 7.09. The van der Waals surface area contributed by atoms with Gasteiger partial charge in [-0.05, 0) is 60.0 Å². The third-order valence-corrected chi connectivity index (χ3v) is 5.70. The average molecular weight is 449 g/mol. The first-order chi connectivity index (χ1) is 15.2. The molecule has 1 amide bonds. The third-order valence-electron chi connectivity index (χ3n) is 4.61. The van der Waals surface area contributed by atoms with Crippen LogP contribution in [0.15, 0.2) is 90.3 Å². The molecule has 4 aromatic rings. The molecule has 31 heavy (non-hydrogen) atoms. The number of benzene rings is 3. The Morgan fingerprint density at radius 1 is 0.903 bits per heavy atom. The summed E-state index contributed by atoms with van der Waals surface area (Å²) in [6.07, 6.45) is 0. The third kappa shape index (κ3) is 5.87. The van der Waals surface area contributed by atoms with Crippen molar-refractivity contribution < 1.29 is 9.53 Å². The van der Waals surface area contributed by atoms with E-state index in [1.54, 1.807) is 23.5 Å². The number of carbonyl (C=O) groups excluding carboxylic acids is 1. The van der Waals surface area contributed by atoms with Gasteiger partial charge in [-0.3, -0.25) is 4.79 Å². The van der Waals surface area contributed by atoms with Gasteiger partial charge in [0.15, 0.2) is 0 Å². The predicted octanol–water partition coefficient (Wildman–Crippen LogP) is 6.84. The summed E-state index contributed by atoms with van der Waals surface area (Å²) in [5.74, 6) is 0.649. The second kappa shape index (κ2) is 10.2. The molecule has 1 aromatic heterocycles. The SMILES string of the molecule is O=C(Nc1cccc(NCc2cc(Cl)ccc2OCc2cccs2)c1)c1ccccc1. The van der Waals surface area contributed by atoms with Crippen molar-refractivity contribution in [3.63, 3.8) is 0 Å². The number of rotatable bonds is 8. The van der Waals surface area contributed by atoms with Gasteiger partial charge < -0.3 is 15.4 Å². The first-order valence-corrected chi connectivity index (χ1v) is 11.1. The number of thiophene rings is 1. The van der Waals surface area contributed by atoms with E-state index >= 15 is 0 Å². The summed E-state index contributed by atoms with van der Waals surface area (Å²) in [6.45, 7) is 1.06. The number of carbonyl (C=O) groups is 1. The summed E-state index contributed by atoms with van der Waals surface area (Å²) >= 11 is 7.88. The van der Waals surface area contributed by atoms with Crippen molar-refractivity contribution in [2.24, 2.45) is 0 Å². The van der Waals surface area contributed by atoms with E-state index in [1.807, 2.05) is 78.2 Å². The van der Waals surface area contributed by atoms with E-state index in [2.05, 4.69) is 10.6 Å². The topological polar surface area (TPSA) is 50.4 Å². The fourth-order valence-electron chi connectivity index (χ4n) is 3.07. The fourth-order valence-corrected chi connectivity index (χ4v) is 3.88. The summed E-state index contributed by atoms with van der Waals surface area (Å²) in [4.78, 5) is 13.6. The first-order valence-electron chi connectivity index (χ1n) is 9.81. The molecule has 3 aromatic carbocycles. The molecule has 156 valence electrons. The van der Waals surface area contributed by atoms with E-state index in [0.29, 0.717) is 23.7 Å². The Morgan fingerprint density at radius 2 is 1.74 bits per heavy atom. The lowest BCUT2D eigenvalue weighted by atomic mass is 10.2. The van der Waals surface area contributed by atoms with Crippen LogP contribution in [0.25, 0.3) is 0 Å². The van der Waals surface area contributed by atoms with Crippen LogP contribution in [0.2, 0.25) is 5.02 Å². The summed E-state index contributed by atoms with van der Waals surface area (Å²) in [5.41, 5.74) is 3.18. The van der Waals surface area contributed by atoms with Crippen molar-refractivity contribution in [3.8, 4) is 5.75 Å². The molecule has 4 rings (SSSR count). The molecule has 0 radical (unpaired) electrons. The molecule has 0 aliphatic carbocycles. The van der Waals surface area contributed by atoms with Crippen LogP contribution in [0.4, 0.5) is 11.4 Å². The maximum atomic E-state index is 12.4. The highest BCUT2D eigenvalue weighted by Gasteiger charge is 2.08. The summed E-state index contributed by atoms with van der Waals surface area (Å²) < 4.78 is 6.01. The molecule has 6 heteroatoms. The minimum atomic E-state index is -0.142. The number of hydrogen-bond donors (Lipinski definition) is 2. The number of ether oxygens (including phenoxy) is 1. The van der Waals surface area contributed by atoms with Crippen LogP contribution in [0.3, 0.4) is 0 Å². The smallest absolute Gasteiger partial charge is 0.255 e.